The van der Waals surface area contributed by atoms with Crippen LogP contribution in [0.15, 0.2) is 121 Å². The van der Waals surface area contributed by atoms with E-state index in [-0.39, 0.29) is 0 Å². The molecule has 2 aliphatic rings. The van der Waals surface area contributed by atoms with Gasteiger partial charge in [0, 0.05) is 50.4 Å². The molecule has 0 aliphatic carbocycles. The summed E-state index contributed by atoms with van der Waals surface area (Å²) >= 11 is 0. The number of nitrogens with one attached hydrogen (secondary N) is 2. The molecule has 48 heavy (non-hydrogen) atoms. The third kappa shape index (κ3) is 5.35. The normalized spacial score (nSPS) is 12.1. The summed E-state index contributed by atoms with van der Waals surface area (Å²) in [6.07, 6.45) is 11.1. The van der Waals surface area contributed by atoms with Crippen molar-refractivity contribution in [2.45, 2.75) is 0 Å². The van der Waals surface area contributed by atoms with Crippen molar-refractivity contribution in [2.24, 2.45) is 0 Å². The maximum absolute atomic E-state index is 12.3. The van der Waals surface area contributed by atoms with Crippen molar-refractivity contribution >= 4 is 58.4 Å². The number of H-pyrrole nitrogens is 2. The molecule has 8 bridgehead atoms. The summed E-state index contributed by atoms with van der Waals surface area (Å²) in [6.45, 7) is 0. The quantitative estimate of drug-likeness (QED) is 0.148. The van der Waals surface area contributed by atoms with E-state index >= 15 is 0 Å². The van der Waals surface area contributed by atoms with Crippen molar-refractivity contribution in [3.8, 4) is 33.4 Å². The van der Waals surface area contributed by atoms with Crippen molar-refractivity contribution in [3.63, 3.8) is 0 Å². The number of hydrogen-bond donors (Lipinski definition) is 2. The second-order valence-corrected chi connectivity index (χ2v) is 11.5. The van der Waals surface area contributed by atoms with Gasteiger partial charge in [-0.1, -0.05) is 91.0 Å². The van der Waals surface area contributed by atoms with E-state index in [1.54, 1.807) is 6.08 Å². The Balaban J connectivity index is 1.56. The number of ether oxygens (including phenoxy) is 1. The van der Waals surface area contributed by atoms with Crippen LogP contribution in [0.25, 0.3) is 85.8 Å². The number of aromatic amines is 2. The second kappa shape index (κ2) is 12.3. The van der Waals surface area contributed by atoms with E-state index in [1.165, 1.54) is 13.2 Å². The molecule has 5 heterocycles. The molecule has 0 unspecified atom stereocenters. The molecule has 2 aliphatic heterocycles. The summed E-state index contributed by atoms with van der Waals surface area (Å²) in [5.41, 5.74) is 13.6. The number of aromatic nitrogens is 4. The van der Waals surface area contributed by atoms with Gasteiger partial charge in [0.05, 0.1) is 29.9 Å². The van der Waals surface area contributed by atoms with Gasteiger partial charge in [-0.05, 0) is 71.3 Å². The first-order chi connectivity index (χ1) is 23.7. The van der Waals surface area contributed by atoms with Gasteiger partial charge in [-0.15, -0.1) is 0 Å². The molecule has 0 amide bonds. The molecule has 6 heteroatoms. The molecule has 0 radical (unpaired) electrons. The first-order valence-corrected chi connectivity index (χ1v) is 15.7. The van der Waals surface area contributed by atoms with Crippen LogP contribution in [0, 0.1) is 0 Å². The van der Waals surface area contributed by atoms with E-state index < -0.39 is 5.97 Å². The van der Waals surface area contributed by atoms with Gasteiger partial charge in [-0.25, -0.2) is 14.8 Å². The van der Waals surface area contributed by atoms with Gasteiger partial charge in [0.15, 0.2) is 0 Å². The van der Waals surface area contributed by atoms with Gasteiger partial charge >= 0.3 is 5.97 Å². The maximum Gasteiger partial charge on any atom is 0.330 e. The summed E-state index contributed by atoms with van der Waals surface area (Å²) < 4.78 is 4.93. The number of carbonyl (C=O) groups is 1. The molecule has 3 aromatic carbocycles. The number of carbonyl (C=O) groups excluding carboxylic acids is 1. The van der Waals surface area contributed by atoms with E-state index in [9.17, 15) is 4.79 Å². The van der Waals surface area contributed by atoms with Crippen molar-refractivity contribution in [3.05, 3.63) is 150 Å². The standard InChI is InChI=1S/C42H30N4O2/c1-48-39(47)26-17-30-31-18-20-33(43-31)40(27-11-5-2-6-12-27)35-22-24-37(45-35)42(29-15-9-4-10-16-29)38-25-23-36(46-38)41(28-13-7-3-8-14-28)34-21-19-32(30)44-34/h2-26,45-46H,1H3. The molecule has 0 saturated heterocycles. The van der Waals surface area contributed by atoms with Crippen LogP contribution in [0.2, 0.25) is 0 Å². The van der Waals surface area contributed by atoms with Crippen LogP contribution in [0.5, 0.6) is 0 Å². The Morgan fingerprint density at radius 1 is 0.521 bits per heavy atom. The summed E-state index contributed by atoms with van der Waals surface area (Å²) in [5, 5.41) is 0. The van der Waals surface area contributed by atoms with Crippen molar-refractivity contribution in [1.82, 2.24) is 19.9 Å². The molecule has 0 fully saturated rings. The molecule has 2 N–H and O–H groups in total. The van der Waals surface area contributed by atoms with E-state index in [0.717, 1.165) is 66.8 Å². The maximum atomic E-state index is 12.3. The highest BCUT2D eigenvalue weighted by atomic mass is 16.5. The molecular weight excluding hydrogens is 592 g/mol. The fourth-order valence-electron chi connectivity index (χ4n) is 6.35. The molecular formula is C42H30N4O2. The third-order valence-electron chi connectivity index (χ3n) is 8.57. The molecule has 0 spiro atoms. The zero-order chi connectivity index (χ0) is 32.5. The number of rotatable bonds is 5. The largest absolute Gasteiger partial charge is 0.466 e. The average Bonchev–Trinajstić information content (AvgIpc) is 3.97. The zero-order valence-corrected chi connectivity index (χ0v) is 26.1. The molecule has 0 atom stereocenters. The van der Waals surface area contributed by atoms with Crippen LogP contribution in [0.4, 0.5) is 0 Å². The smallest absolute Gasteiger partial charge is 0.330 e. The number of nitrogens with zero attached hydrogens (tertiary/aromatic N) is 2. The van der Waals surface area contributed by atoms with Crippen LogP contribution in [-0.2, 0) is 9.53 Å². The van der Waals surface area contributed by atoms with Gasteiger partial charge in [-0.2, -0.15) is 0 Å². The third-order valence-corrected chi connectivity index (χ3v) is 8.57. The van der Waals surface area contributed by atoms with E-state index in [4.69, 9.17) is 14.7 Å². The summed E-state index contributed by atoms with van der Waals surface area (Å²) in [6, 6.07) is 39.4. The number of esters is 1. The highest BCUT2D eigenvalue weighted by molar-refractivity contribution is 5.99. The molecule has 6 nitrogen and oxygen atoms in total. The molecule has 0 saturated carbocycles. The lowest BCUT2D eigenvalue weighted by atomic mass is 10.0. The van der Waals surface area contributed by atoms with Gasteiger partial charge in [0.25, 0.3) is 0 Å². The van der Waals surface area contributed by atoms with Gasteiger partial charge in [-0.3, -0.25) is 0 Å². The summed E-state index contributed by atoms with van der Waals surface area (Å²) in [5.74, 6) is -0.454. The van der Waals surface area contributed by atoms with Gasteiger partial charge in [0.1, 0.15) is 0 Å². The van der Waals surface area contributed by atoms with Crippen LogP contribution in [-0.4, -0.2) is 33.0 Å². The number of benzene rings is 3. The lowest BCUT2D eigenvalue weighted by Gasteiger charge is -2.06. The lowest BCUT2D eigenvalue weighted by Crippen LogP contribution is -1.95. The topological polar surface area (TPSA) is 83.7 Å². The highest BCUT2D eigenvalue weighted by Gasteiger charge is 2.17. The highest BCUT2D eigenvalue weighted by Crippen LogP contribution is 2.36. The summed E-state index contributed by atoms with van der Waals surface area (Å²) in [4.78, 5) is 30.1. The minimum absolute atomic E-state index is 0.454. The monoisotopic (exact) mass is 622 g/mol. The fourth-order valence-corrected chi connectivity index (χ4v) is 6.35. The van der Waals surface area contributed by atoms with Gasteiger partial charge in [0.2, 0.25) is 0 Å². The van der Waals surface area contributed by atoms with E-state index in [2.05, 4.69) is 82.8 Å². The Hall–Kier alpha value is -6.53. The Bertz CT molecular complexity index is 2300. The van der Waals surface area contributed by atoms with Crippen LogP contribution < -0.4 is 0 Å². The number of hydrogen-bond acceptors (Lipinski definition) is 4. The summed E-state index contributed by atoms with van der Waals surface area (Å²) in [7, 11) is 1.37. The minimum Gasteiger partial charge on any atom is -0.466 e. The van der Waals surface area contributed by atoms with Crippen molar-refractivity contribution in [2.75, 3.05) is 7.11 Å². The van der Waals surface area contributed by atoms with Crippen LogP contribution in [0.3, 0.4) is 0 Å². The van der Waals surface area contributed by atoms with E-state index in [0.29, 0.717) is 17.0 Å². The zero-order valence-electron chi connectivity index (χ0n) is 26.1. The Labute approximate surface area is 277 Å². The minimum atomic E-state index is -0.454. The molecule has 6 aromatic rings. The fraction of sp³-hybridized carbons (Fsp3) is 0.0238. The number of methoxy groups -OCH3 is 1. The van der Waals surface area contributed by atoms with Crippen LogP contribution in [0.1, 0.15) is 28.3 Å². The van der Waals surface area contributed by atoms with E-state index in [1.807, 2.05) is 66.8 Å². The second-order valence-electron chi connectivity index (χ2n) is 11.5. The average molecular weight is 623 g/mol. The lowest BCUT2D eigenvalue weighted by molar-refractivity contribution is -0.134. The molecule has 230 valence electrons. The van der Waals surface area contributed by atoms with Crippen molar-refractivity contribution in [1.29, 1.82) is 0 Å². The van der Waals surface area contributed by atoms with Crippen molar-refractivity contribution < 1.29 is 9.53 Å². The molecule has 8 rings (SSSR count). The Kier molecular flexibility index (Phi) is 7.43. The Morgan fingerprint density at radius 3 is 1.31 bits per heavy atom. The molecule has 3 aromatic heterocycles. The Morgan fingerprint density at radius 2 is 0.896 bits per heavy atom. The van der Waals surface area contributed by atoms with Gasteiger partial charge < -0.3 is 14.7 Å². The predicted octanol–water partition coefficient (Wildman–Crippen LogP) is 9.84. The first kappa shape index (κ1) is 28.9. The SMILES string of the molecule is COC(=O)C=Cc1c2nc(c(-c3ccccc3)c3ccc([nH]3)c(-c3ccccc3)c3ccc([nH]3)c(-c3ccccc3)c3nc1C=C3)C=C2. The van der Waals surface area contributed by atoms with Crippen LogP contribution >= 0.6 is 0 Å². The first-order valence-electron chi connectivity index (χ1n) is 15.7. The predicted molar refractivity (Wildman–Crippen MR) is 196 cm³/mol. The number of fused-ring (bicyclic) bond motifs is 8.